The van der Waals surface area contributed by atoms with E-state index in [1.54, 1.807) is 13.0 Å². The quantitative estimate of drug-likeness (QED) is 0.887. The predicted octanol–water partition coefficient (Wildman–Crippen LogP) is 1.68. The zero-order valence-corrected chi connectivity index (χ0v) is 13.2. The number of hydrogen-bond donors (Lipinski definition) is 2. The third kappa shape index (κ3) is 3.73. The molecule has 21 heavy (non-hydrogen) atoms. The molecule has 0 unspecified atom stereocenters. The van der Waals surface area contributed by atoms with E-state index in [4.69, 9.17) is 0 Å². The van der Waals surface area contributed by atoms with Crippen LogP contribution in [0.25, 0.3) is 0 Å². The summed E-state index contributed by atoms with van der Waals surface area (Å²) in [5.41, 5.74) is 0.943. The lowest BCUT2D eigenvalue weighted by atomic mass is 9.80. The van der Waals surface area contributed by atoms with Crippen molar-refractivity contribution in [1.82, 2.24) is 15.2 Å². The van der Waals surface area contributed by atoms with Crippen molar-refractivity contribution in [2.24, 2.45) is 0 Å². The van der Waals surface area contributed by atoms with E-state index in [0.29, 0.717) is 17.8 Å². The summed E-state index contributed by atoms with van der Waals surface area (Å²) in [7, 11) is 4.16. The van der Waals surface area contributed by atoms with Gasteiger partial charge in [-0.25, -0.2) is 0 Å². The fourth-order valence-corrected chi connectivity index (χ4v) is 3.15. The number of carbonyl (C=O) groups is 1. The number of pyridine rings is 1. The first-order valence-electron chi connectivity index (χ1n) is 7.60. The highest BCUT2D eigenvalue weighted by Crippen LogP contribution is 2.31. The van der Waals surface area contributed by atoms with Crippen LogP contribution >= 0.6 is 0 Å². The number of nitrogens with zero attached hydrogens (tertiary/aromatic N) is 1. The minimum absolute atomic E-state index is 0.0458. The van der Waals surface area contributed by atoms with Crippen molar-refractivity contribution in [3.8, 4) is 0 Å². The van der Waals surface area contributed by atoms with E-state index in [1.807, 2.05) is 0 Å². The monoisotopic (exact) mass is 291 g/mol. The van der Waals surface area contributed by atoms with Gasteiger partial charge in [0.2, 0.25) is 5.56 Å². The van der Waals surface area contributed by atoms with Crippen LogP contribution in [0.15, 0.2) is 16.9 Å². The molecule has 0 spiro atoms. The molecule has 0 radical (unpaired) electrons. The first-order valence-corrected chi connectivity index (χ1v) is 7.60. The summed E-state index contributed by atoms with van der Waals surface area (Å²) in [6.07, 6.45) is 5.90. The summed E-state index contributed by atoms with van der Waals surface area (Å²) < 4.78 is 0. The highest BCUT2D eigenvalue weighted by molar-refractivity contribution is 5.94. The van der Waals surface area contributed by atoms with E-state index in [2.05, 4.69) is 29.3 Å². The number of aromatic nitrogens is 1. The molecule has 2 N–H and O–H groups in total. The molecule has 116 valence electrons. The van der Waals surface area contributed by atoms with Gasteiger partial charge in [-0.2, -0.15) is 0 Å². The van der Waals surface area contributed by atoms with Gasteiger partial charge in [0.15, 0.2) is 0 Å². The SMILES string of the molecule is Cc1cc(C(=O)NCC2(N(C)C)CCCCC2)cc(=O)[nH]1. The van der Waals surface area contributed by atoms with Crippen LogP contribution < -0.4 is 10.9 Å². The molecule has 0 bridgehead atoms. The minimum atomic E-state index is -0.236. The molecule has 1 aromatic rings. The van der Waals surface area contributed by atoms with Gasteiger partial charge < -0.3 is 15.2 Å². The molecule has 0 aromatic carbocycles. The lowest BCUT2D eigenvalue weighted by molar-refractivity contribution is 0.0799. The lowest BCUT2D eigenvalue weighted by Crippen LogP contribution is -2.53. The van der Waals surface area contributed by atoms with Crippen molar-refractivity contribution in [3.63, 3.8) is 0 Å². The van der Waals surface area contributed by atoms with Crippen molar-refractivity contribution in [2.45, 2.75) is 44.6 Å². The molecule has 0 atom stereocenters. The van der Waals surface area contributed by atoms with E-state index in [0.717, 1.165) is 12.8 Å². The zero-order valence-electron chi connectivity index (χ0n) is 13.2. The van der Waals surface area contributed by atoms with Gasteiger partial charge in [-0.15, -0.1) is 0 Å². The van der Waals surface area contributed by atoms with Crippen molar-refractivity contribution >= 4 is 5.91 Å². The number of aryl methyl sites for hydroxylation is 1. The first-order chi connectivity index (χ1) is 9.93. The number of nitrogens with one attached hydrogen (secondary N) is 2. The Morgan fingerprint density at radius 3 is 2.52 bits per heavy atom. The first kappa shape index (κ1) is 15.8. The zero-order chi connectivity index (χ0) is 15.5. The molecule has 1 fully saturated rings. The largest absolute Gasteiger partial charge is 0.350 e. The summed E-state index contributed by atoms with van der Waals surface area (Å²) >= 11 is 0. The third-order valence-electron chi connectivity index (χ3n) is 4.55. The van der Waals surface area contributed by atoms with Gasteiger partial charge in [-0.3, -0.25) is 9.59 Å². The summed E-state index contributed by atoms with van der Waals surface area (Å²) in [6.45, 7) is 2.41. The Hall–Kier alpha value is -1.62. The van der Waals surface area contributed by atoms with Crippen LogP contribution in [0.4, 0.5) is 0 Å². The Kier molecular flexibility index (Phi) is 4.83. The van der Waals surface area contributed by atoms with Crippen LogP contribution in [0.3, 0.4) is 0 Å². The second kappa shape index (κ2) is 6.43. The second-order valence-corrected chi connectivity index (χ2v) is 6.28. The highest BCUT2D eigenvalue weighted by Gasteiger charge is 2.34. The predicted molar refractivity (Wildman–Crippen MR) is 83.6 cm³/mol. The number of likely N-dealkylation sites (N-methyl/N-ethyl adjacent to an activating group) is 1. The van der Waals surface area contributed by atoms with Gasteiger partial charge in [0.25, 0.3) is 5.91 Å². The Bertz CT molecular complexity index is 557. The number of hydrogen-bond acceptors (Lipinski definition) is 3. The topological polar surface area (TPSA) is 65.2 Å². The fraction of sp³-hybridized carbons (Fsp3) is 0.625. The number of carbonyl (C=O) groups excluding carboxylic acids is 1. The highest BCUT2D eigenvalue weighted by atomic mass is 16.2. The van der Waals surface area contributed by atoms with Gasteiger partial charge in [-0.1, -0.05) is 19.3 Å². The molecule has 1 heterocycles. The lowest BCUT2D eigenvalue weighted by Gasteiger charge is -2.43. The van der Waals surface area contributed by atoms with Gasteiger partial charge in [0, 0.05) is 29.4 Å². The van der Waals surface area contributed by atoms with Crippen LogP contribution in [-0.2, 0) is 0 Å². The summed E-state index contributed by atoms with van der Waals surface area (Å²) in [5.74, 6) is -0.170. The molecule has 5 nitrogen and oxygen atoms in total. The number of H-pyrrole nitrogens is 1. The van der Waals surface area contributed by atoms with Crippen molar-refractivity contribution in [1.29, 1.82) is 0 Å². The normalized spacial score (nSPS) is 17.7. The molecule has 1 saturated carbocycles. The average molecular weight is 291 g/mol. The molecular weight excluding hydrogens is 266 g/mol. The smallest absolute Gasteiger partial charge is 0.251 e. The molecule has 5 heteroatoms. The molecule has 1 aromatic heterocycles. The number of aromatic amines is 1. The van der Waals surface area contributed by atoms with E-state index in [1.165, 1.54) is 25.3 Å². The Labute approximate surface area is 125 Å². The van der Waals surface area contributed by atoms with Gasteiger partial charge in [0.1, 0.15) is 0 Å². The van der Waals surface area contributed by atoms with Gasteiger partial charge >= 0.3 is 0 Å². The molecule has 1 aliphatic rings. The molecule has 1 amide bonds. The molecule has 1 aliphatic carbocycles. The third-order valence-corrected chi connectivity index (χ3v) is 4.55. The summed E-state index contributed by atoms with van der Waals surface area (Å²) in [4.78, 5) is 28.6. The minimum Gasteiger partial charge on any atom is -0.350 e. The van der Waals surface area contributed by atoms with E-state index >= 15 is 0 Å². The average Bonchev–Trinajstić information content (AvgIpc) is 2.44. The van der Waals surface area contributed by atoms with Crippen LogP contribution in [0, 0.1) is 6.92 Å². The van der Waals surface area contributed by atoms with Crippen LogP contribution in [0.2, 0.25) is 0 Å². The fourth-order valence-electron chi connectivity index (χ4n) is 3.15. The molecular formula is C16H25N3O2. The Morgan fingerprint density at radius 2 is 1.95 bits per heavy atom. The van der Waals surface area contributed by atoms with Crippen molar-refractivity contribution in [3.05, 3.63) is 33.7 Å². The molecule has 0 aliphatic heterocycles. The Balaban J connectivity index is 2.06. The Morgan fingerprint density at radius 1 is 1.29 bits per heavy atom. The molecule has 0 saturated heterocycles. The van der Waals surface area contributed by atoms with Gasteiger partial charge in [-0.05, 0) is 39.9 Å². The number of rotatable bonds is 4. The van der Waals surface area contributed by atoms with Gasteiger partial charge in [0.05, 0.1) is 0 Å². The maximum atomic E-state index is 12.3. The second-order valence-electron chi connectivity index (χ2n) is 6.28. The van der Waals surface area contributed by atoms with E-state index < -0.39 is 0 Å². The van der Waals surface area contributed by atoms with Crippen LogP contribution in [0.1, 0.15) is 48.2 Å². The van der Waals surface area contributed by atoms with E-state index in [-0.39, 0.29) is 17.0 Å². The summed E-state index contributed by atoms with van der Waals surface area (Å²) in [5, 5.41) is 3.01. The standard InChI is InChI=1S/C16H25N3O2/c1-12-9-13(10-14(20)18-12)15(21)17-11-16(19(2)3)7-5-4-6-8-16/h9-10H,4-8,11H2,1-3H3,(H,17,21)(H,18,20). The van der Waals surface area contributed by atoms with Crippen LogP contribution in [-0.4, -0.2) is 42.0 Å². The van der Waals surface area contributed by atoms with Crippen molar-refractivity contribution < 1.29 is 4.79 Å². The maximum absolute atomic E-state index is 12.3. The summed E-state index contributed by atoms with van der Waals surface area (Å²) in [6, 6.07) is 3.06. The van der Waals surface area contributed by atoms with Crippen LogP contribution in [0.5, 0.6) is 0 Å². The van der Waals surface area contributed by atoms with E-state index in [9.17, 15) is 9.59 Å². The number of amides is 1. The van der Waals surface area contributed by atoms with Crippen molar-refractivity contribution in [2.75, 3.05) is 20.6 Å². The maximum Gasteiger partial charge on any atom is 0.251 e. The molecule has 2 rings (SSSR count).